The summed E-state index contributed by atoms with van der Waals surface area (Å²) in [6.07, 6.45) is 1.61. The first-order chi connectivity index (χ1) is 13.3. The summed E-state index contributed by atoms with van der Waals surface area (Å²) >= 11 is 0. The van der Waals surface area contributed by atoms with Crippen molar-refractivity contribution in [2.75, 3.05) is 10.6 Å². The Morgan fingerprint density at radius 1 is 0.857 bits per heavy atom. The second-order valence-corrected chi connectivity index (χ2v) is 6.92. The number of hydrogen-bond acceptors (Lipinski definition) is 4. The van der Waals surface area contributed by atoms with E-state index in [9.17, 15) is 9.59 Å². The van der Waals surface area contributed by atoms with Gasteiger partial charge in [0.1, 0.15) is 5.69 Å². The number of nitrogens with zero attached hydrogens (tertiary/aromatic N) is 1. The van der Waals surface area contributed by atoms with Crippen molar-refractivity contribution in [2.24, 2.45) is 0 Å². The third-order valence-corrected chi connectivity index (χ3v) is 4.49. The van der Waals surface area contributed by atoms with Crippen molar-refractivity contribution >= 4 is 28.8 Å². The molecule has 0 fully saturated rings. The molecule has 0 radical (unpaired) electrons. The Bertz CT molecular complexity index is 1020. The van der Waals surface area contributed by atoms with Crippen LogP contribution < -0.4 is 10.6 Å². The number of Topliss-reactive ketones (excluding diaryl/α,β-unsaturated/α-hetero) is 1. The van der Waals surface area contributed by atoms with Gasteiger partial charge in [0, 0.05) is 28.8 Å². The van der Waals surface area contributed by atoms with Crippen LogP contribution in [-0.4, -0.2) is 16.7 Å². The van der Waals surface area contributed by atoms with Gasteiger partial charge in [-0.3, -0.25) is 14.6 Å². The first-order valence-electron chi connectivity index (χ1n) is 9.07. The lowest BCUT2D eigenvalue weighted by atomic mass is 10.0. The van der Waals surface area contributed by atoms with Gasteiger partial charge >= 0.3 is 0 Å². The van der Waals surface area contributed by atoms with Crippen LogP contribution in [0.4, 0.5) is 17.1 Å². The van der Waals surface area contributed by atoms with E-state index < -0.39 is 0 Å². The van der Waals surface area contributed by atoms with E-state index in [1.165, 1.54) is 12.5 Å². The SMILES string of the molecule is CC(=O)c1ccc(NC(=O)c2cc(Nc3c(C)cc(C)cc3C)ccn2)cc1. The lowest BCUT2D eigenvalue weighted by molar-refractivity contribution is 0.101. The van der Waals surface area contributed by atoms with Crippen LogP contribution in [0.3, 0.4) is 0 Å². The fourth-order valence-corrected chi connectivity index (χ4v) is 3.14. The molecule has 5 nitrogen and oxygen atoms in total. The van der Waals surface area contributed by atoms with Crippen LogP contribution in [0.2, 0.25) is 0 Å². The Balaban J connectivity index is 1.77. The maximum atomic E-state index is 12.5. The summed E-state index contributed by atoms with van der Waals surface area (Å²) in [4.78, 5) is 28.1. The van der Waals surface area contributed by atoms with Crippen LogP contribution in [0.1, 0.15) is 44.5 Å². The first kappa shape index (κ1) is 19.3. The molecule has 0 bridgehead atoms. The molecular weight excluding hydrogens is 350 g/mol. The van der Waals surface area contributed by atoms with Crippen LogP contribution in [0.5, 0.6) is 0 Å². The number of rotatable bonds is 5. The zero-order valence-electron chi connectivity index (χ0n) is 16.5. The predicted molar refractivity (Wildman–Crippen MR) is 113 cm³/mol. The average molecular weight is 373 g/mol. The van der Waals surface area contributed by atoms with E-state index in [0.717, 1.165) is 22.5 Å². The van der Waals surface area contributed by atoms with E-state index >= 15 is 0 Å². The van der Waals surface area contributed by atoms with Crippen LogP contribution >= 0.6 is 0 Å². The number of ketones is 1. The van der Waals surface area contributed by atoms with Crippen LogP contribution in [0.15, 0.2) is 54.7 Å². The quantitative estimate of drug-likeness (QED) is 0.603. The highest BCUT2D eigenvalue weighted by molar-refractivity contribution is 6.03. The molecule has 3 rings (SSSR count). The molecule has 5 heteroatoms. The number of aryl methyl sites for hydroxylation is 3. The van der Waals surface area contributed by atoms with Gasteiger partial charge in [-0.25, -0.2) is 0 Å². The Morgan fingerprint density at radius 3 is 2.11 bits per heavy atom. The molecule has 0 aliphatic heterocycles. The number of carbonyl (C=O) groups is 2. The first-order valence-corrected chi connectivity index (χ1v) is 9.07. The van der Waals surface area contributed by atoms with Crippen molar-refractivity contribution in [3.63, 3.8) is 0 Å². The smallest absolute Gasteiger partial charge is 0.274 e. The largest absolute Gasteiger partial charge is 0.355 e. The van der Waals surface area contributed by atoms with E-state index in [4.69, 9.17) is 0 Å². The van der Waals surface area contributed by atoms with Crippen molar-refractivity contribution in [3.05, 3.63) is 82.7 Å². The normalized spacial score (nSPS) is 10.4. The molecule has 1 aromatic heterocycles. The molecule has 0 unspecified atom stereocenters. The van der Waals surface area contributed by atoms with Gasteiger partial charge in [-0.05, 0) is 75.2 Å². The molecule has 0 aliphatic rings. The van der Waals surface area contributed by atoms with E-state index in [1.807, 2.05) is 6.07 Å². The molecule has 28 heavy (non-hydrogen) atoms. The van der Waals surface area contributed by atoms with Crippen LogP contribution in [-0.2, 0) is 0 Å². The molecule has 0 atom stereocenters. The monoisotopic (exact) mass is 373 g/mol. The molecule has 0 saturated heterocycles. The molecule has 0 spiro atoms. The molecule has 2 aromatic carbocycles. The van der Waals surface area contributed by atoms with Gasteiger partial charge in [0.2, 0.25) is 0 Å². The predicted octanol–water partition coefficient (Wildman–Crippen LogP) is 5.21. The van der Waals surface area contributed by atoms with Crippen LogP contribution in [0, 0.1) is 20.8 Å². The summed E-state index contributed by atoms with van der Waals surface area (Å²) < 4.78 is 0. The highest BCUT2D eigenvalue weighted by Crippen LogP contribution is 2.26. The molecule has 0 aliphatic carbocycles. The Morgan fingerprint density at radius 2 is 1.50 bits per heavy atom. The summed E-state index contributed by atoms with van der Waals surface area (Å²) in [6, 6.07) is 14.6. The Hall–Kier alpha value is -3.47. The van der Waals surface area contributed by atoms with Gasteiger partial charge in [-0.1, -0.05) is 17.7 Å². The zero-order valence-corrected chi connectivity index (χ0v) is 16.5. The van der Waals surface area contributed by atoms with Crippen molar-refractivity contribution in [1.82, 2.24) is 4.98 Å². The third-order valence-electron chi connectivity index (χ3n) is 4.49. The third kappa shape index (κ3) is 4.43. The van der Waals surface area contributed by atoms with Gasteiger partial charge in [0.25, 0.3) is 5.91 Å². The van der Waals surface area contributed by atoms with E-state index in [2.05, 4.69) is 48.5 Å². The van der Waals surface area contributed by atoms with E-state index in [0.29, 0.717) is 16.9 Å². The highest BCUT2D eigenvalue weighted by Gasteiger charge is 2.11. The number of carbonyl (C=O) groups excluding carboxylic acids is 2. The Labute approximate surface area is 164 Å². The summed E-state index contributed by atoms with van der Waals surface area (Å²) in [5.41, 5.74) is 6.85. The number of aromatic nitrogens is 1. The average Bonchev–Trinajstić information content (AvgIpc) is 2.65. The summed E-state index contributed by atoms with van der Waals surface area (Å²) in [6.45, 7) is 7.69. The van der Waals surface area contributed by atoms with Crippen molar-refractivity contribution < 1.29 is 9.59 Å². The molecule has 142 valence electrons. The highest BCUT2D eigenvalue weighted by atomic mass is 16.2. The lowest BCUT2D eigenvalue weighted by Gasteiger charge is -2.14. The molecule has 1 heterocycles. The minimum atomic E-state index is -0.309. The maximum Gasteiger partial charge on any atom is 0.274 e. The topological polar surface area (TPSA) is 71.1 Å². The van der Waals surface area contributed by atoms with Gasteiger partial charge < -0.3 is 10.6 Å². The van der Waals surface area contributed by atoms with Gasteiger partial charge in [-0.2, -0.15) is 0 Å². The lowest BCUT2D eigenvalue weighted by Crippen LogP contribution is -2.14. The number of benzene rings is 2. The molecule has 2 N–H and O–H groups in total. The van der Waals surface area contributed by atoms with Crippen LogP contribution in [0.25, 0.3) is 0 Å². The number of pyridine rings is 1. The van der Waals surface area contributed by atoms with Crippen molar-refractivity contribution in [1.29, 1.82) is 0 Å². The minimum absolute atomic E-state index is 0.0139. The number of nitrogens with one attached hydrogen (secondary N) is 2. The van der Waals surface area contributed by atoms with Gasteiger partial charge in [0.15, 0.2) is 5.78 Å². The maximum absolute atomic E-state index is 12.5. The van der Waals surface area contributed by atoms with Gasteiger partial charge in [-0.15, -0.1) is 0 Å². The molecular formula is C23H23N3O2. The van der Waals surface area contributed by atoms with Crippen molar-refractivity contribution in [2.45, 2.75) is 27.7 Å². The fourth-order valence-electron chi connectivity index (χ4n) is 3.14. The van der Waals surface area contributed by atoms with E-state index in [1.54, 1.807) is 36.5 Å². The zero-order chi connectivity index (χ0) is 20.3. The Kier molecular flexibility index (Phi) is 5.54. The minimum Gasteiger partial charge on any atom is -0.355 e. The second-order valence-electron chi connectivity index (χ2n) is 6.92. The molecule has 1 amide bonds. The number of hydrogen-bond donors (Lipinski definition) is 2. The van der Waals surface area contributed by atoms with Gasteiger partial charge in [0.05, 0.1) is 0 Å². The van der Waals surface area contributed by atoms with Crippen molar-refractivity contribution in [3.8, 4) is 0 Å². The standard InChI is InChI=1S/C23H23N3O2/c1-14-11-15(2)22(16(3)12-14)25-20-9-10-24-21(13-20)23(28)26-19-7-5-18(6-8-19)17(4)27/h5-13H,1-4H3,(H,24,25)(H,26,28). The molecule has 0 saturated carbocycles. The summed E-state index contributed by atoms with van der Waals surface area (Å²) in [5, 5.41) is 6.19. The number of anilines is 3. The number of amides is 1. The fraction of sp³-hybridized carbons (Fsp3) is 0.174. The second kappa shape index (κ2) is 8.05. The van der Waals surface area contributed by atoms with E-state index in [-0.39, 0.29) is 11.7 Å². The summed E-state index contributed by atoms with van der Waals surface area (Å²) in [5.74, 6) is -0.323. The summed E-state index contributed by atoms with van der Waals surface area (Å²) in [7, 11) is 0. The molecule has 3 aromatic rings.